The fourth-order valence-corrected chi connectivity index (χ4v) is 2.11. The Morgan fingerprint density at radius 3 is 2.65 bits per heavy atom. The molecular formula is C17H25IN4O. The summed E-state index contributed by atoms with van der Waals surface area (Å²) in [4.78, 5) is 4.61. The molecule has 0 saturated carbocycles. The Bertz CT molecular complexity index is 584. The summed E-state index contributed by atoms with van der Waals surface area (Å²) in [7, 11) is 1.68. The lowest BCUT2D eigenvalue weighted by Gasteiger charge is -2.12. The van der Waals surface area contributed by atoms with Crippen molar-refractivity contribution in [3.8, 4) is 5.75 Å². The third kappa shape index (κ3) is 6.94. The van der Waals surface area contributed by atoms with Gasteiger partial charge in [-0.3, -0.25) is 0 Å². The van der Waals surface area contributed by atoms with Gasteiger partial charge in [0.25, 0.3) is 0 Å². The van der Waals surface area contributed by atoms with Crippen molar-refractivity contribution in [2.45, 2.75) is 20.0 Å². The lowest BCUT2D eigenvalue weighted by atomic mass is 10.2. The molecular weight excluding hydrogens is 403 g/mol. The van der Waals surface area contributed by atoms with Crippen molar-refractivity contribution >= 4 is 29.9 Å². The number of rotatable bonds is 7. The molecule has 0 amide bonds. The lowest BCUT2D eigenvalue weighted by Crippen LogP contribution is -2.38. The van der Waals surface area contributed by atoms with E-state index in [0.29, 0.717) is 6.54 Å². The second-order valence-electron chi connectivity index (χ2n) is 4.89. The number of ether oxygens (including phenoxy) is 1. The van der Waals surface area contributed by atoms with Crippen LogP contribution in [-0.4, -0.2) is 30.7 Å². The van der Waals surface area contributed by atoms with Gasteiger partial charge in [-0.15, -0.1) is 24.0 Å². The average Bonchev–Trinajstić information content (AvgIpc) is 3.06. The predicted molar refractivity (Wildman–Crippen MR) is 106 cm³/mol. The number of aromatic nitrogens is 1. The Balaban J connectivity index is 0.00000264. The van der Waals surface area contributed by atoms with E-state index in [1.807, 2.05) is 30.3 Å². The molecule has 0 unspecified atom stereocenters. The molecule has 0 aliphatic rings. The fourth-order valence-electron chi connectivity index (χ4n) is 2.11. The van der Waals surface area contributed by atoms with E-state index in [1.165, 1.54) is 0 Å². The van der Waals surface area contributed by atoms with Crippen LogP contribution < -0.4 is 15.4 Å². The summed E-state index contributed by atoms with van der Waals surface area (Å²) in [6.07, 6.45) is 4.12. The highest BCUT2D eigenvalue weighted by Crippen LogP contribution is 2.13. The number of nitrogens with one attached hydrogen (secondary N) is 2. The highest BCUT2D eigenvalue weighted by Gasteiger charge is 1.99. The number of guanidine groups is 1. The van der Waals surface area contributed by atoms with E-state index in [4.69, 9.17) is 4.74 Å². The molecule has 0 aliphatic heterocycles. The molecule has 23 heavy (non-hydrogen) atoms. The molecule has 0 spiro atoms. The van der Waals surface area contributed by atoms with Gasteiger partial charge in [0.05, 0.1) is 13.7 Å². The third-order valence-corrected chi connectivity index (χ3v) is 3.23. The second kappa shape index (κ2) is 10.9. The van der Waals surface area contributed by atoms with E-state index in [1.54, 1.807) is 7.11 Å². The monoisotopic (exact) mass is 428 g/mol. The number of hydrogen-bond acceptors (Lipinski definition) is 2. The maximum absolute atomic E-state index is 5.23. The summed E-state index contributed by atoms with van der Waals surface area (Å²) >= 11 is 0. The quantitative estimate of drug-likeness (QED) is 0.405. The van der Waals surface area contributed by atoms with Crippen LogP contribution in [0.1, 0.15) is 12.5 Å². The van der Waals surface area contributed by atoms with Crippen LogP contribution in [0.4, 0.5) is 0 Å². The number of methoxy groups -OCH3 is 1. The molecule has 0 fully saturated rings. The minimum Gasteiger partial charge on any atom is -0.497 e. The van der Waals surface area contributed by atoms with Crippen LogP contribution in [0.5, 0.6) is 5.75 Å². The standard InChI is InChI=1S/C17H24N4O.HI/c1-3-18-17(19-9-12-21-10-4-5-11-21)20-14-15-7-6-8-16(13-15)22-2;/h4-8,10-11,13H,3,9,12,14H2,1-2H3,(H2,18,19,20);1H. The molecule has 0 aliphatic carbocycles. The first-order chi connectivity index (χ1) is 10.8. The first kappa shape index (κ1) is 19.3. The highest BCUT2D eigenvalue weighted by molar-refractivity contribution is 14.0. The molecule has 0 radical (unpaired) electrons. The maximum atomic E-state index is 5.23. The van der Waals surface area contributed by atoms with E-state index < -0.39 is 0 Å². The summed E-state index contributed by atoms with van der Waals surface area (Å²) in [6.45, 7) is 5.27. The van der Waals surface area contributed by atoms with Crippen molar-refractivity contribution in [3.05, 3.63) is 54.4 Å². The minimum atomic E-state index is 0. The topological polar surface area (TPSA) is 50.6 Å². The van der Waals surface area contributed by atoms with Crippen molar-refractivity contribution in [2.75, 3.05) is 20.2 Å². The van der Waals surface area contributed by atoms with Crippen LogP contribution in [-0.2, 0) is 13.1 Å². The van der Waals surface area contributed by atoms with Gasteiger partial charge < -0.3 is 19.9 Å². The smallest absolute Gasteiger partial charge is 0.191 e. The van der Waals surface area contributed by atoms with Gasteiger partial charge in [-0.1, -0.05) is 12.1 Å². The van der Waals surface area contributed by atoms with Gasteiger partial charge in [0, 0.05) is 32.0 Å². The number of nitrogens with zero attached hydrogens (tertiary/aromatic N) is 2. The van der Waals surface area contributed by atoms with E-state index in [9.17, 15) is 0 Å². The van der Waals surface area contributed by atoms with Crippen LogP contribution in [0.2, 0.25) is 0 Å². The average molecular weight is 428 g/mol. The van der Waals surface area contributed by atoms with E-state index in [-0.39, 0.29) is 24.0 Å². The molecule has 6 heteroatoms. The first-order valence-electron chi connectivity index (χ1n) is 7.57. The Hall–Kier alpha value is -1.70. The minimum absolute atomic E-state index is 0. The zero-order chi connectivity index (χ0) is 15.6. The van der Waals surface area contributed by atoms with E-state index in [2.05, 4.69) is 45.6 Å². The molecule has 1 heterocycles. The molecule has 2 aromatic rings. The second-order valence-corrected chi connectivity index (χ2v) is 4.89. The van der Waals surface area contributed by atoms with Crippen LogP contribution in [0, 0.1) is 0 Å². The maximum Gasteiger partial charge on any atom is 0.191 e. The molecule has 1 aromatic carbocycles. The van der Waals surface area contributed by atoms with Crippen molar-refractivity contribution in [2.24, 2.45) is 4.99 Å². The number of hydrogen-bond donors (Lipinski definition) is 2. The van der Waals surface area contributed by atoms with Gasteiger partial charge in [-0.05, 0) is 36.8 Å². The predicted octanol–water partition coefficient (Wildman–Crippen LogP) is 2.87. The SMILES string of the molecule is CCNC(=NCc1cccc(OC)c1)NCCn1cccc1.I. The van der Waals surface area contributed by atoms with Crippen molar-refractivity contribution in [3.63, 3.8) is 0 Å². The van der Waals surface area contributed by atoms with Gasteiger partial charge in [0.15, 0.2) is 5.96 Å². The van der Waals surface area contributed by atoms with Gasteiger partial charge in [0.2, 0.25) is 0 Å². The summed E-state index contributed by atoms with van der Waals surface area (Å²) < 4.78 is 7.37. The van der Waals surface area contributed by atoms with Crippen LogP contribution >= 0.6 is 24.0 Å². The van der Waals surface area contributed by atoms with E-state index >= 15 is 0 Å². The number of aliphatic imine (C=N–C) groups is 1. The summed E-state index contributed by atoms with van der Waals surface area (Å²) in [5.41, 5.74) is 1.13. The Morgan fingerprint density at radius 2 is 1.96 bits per heavy atom. The van der Waals surface area contributed by atoms with Crippen LogP contribution in [0.25, 0.3) is 0 Å². The molecule has 0 saturated heterocycles. The summed E-state index contributed by atoms with van der Waals surface area (Å²) in [6, 6.07) is 12.0. The van der Waals surface area contributed by atoms with Gasteiger partial charge in [-0.2, -0.15) is 0 Å². The Kier molecular flexibility index (Phi) is 9.20. The third-order valence-electron chi connectivity index (χ3n) is 3.23. The van der Waals surface area contributed by atoms with E-state index in [0.717, 1.165) is 36.9 Å². The lowest BCUT2D eigenvalue weighted by molar-refractivity contribution is 0.414. The summed E-state index contributed by atoms with van der Waals surface area (Å²) in [5.74, 6) is 1.69. The largest absolute Gasteiger partial charge is 0.497 e. The Labute approximate surface area is 155 Å². The number of benzene rings is 1. The number of halogens is 1. The van der Waals surface area contributed by atoms with Gasteiger partial charge in [-0.25, -0.2) is 4.99 Å². The molecule has 126 valence electrons. The van der Waals surface area contributed by atoms with Crippen molar-refractivity contribution < 1.29 is 4.74 Å². The highest BCUT2D eigenvalue weighted by atomic mass is 127. The molecule has 0 atom stereocenters. The molecule has 1 aromatic heterocycles. The van der Waals surface area contributed by atoms with Crippen LogP contribution in [0.15, 0.2) is 53.8 Å². The normalized spacial score (nSPS) is 10.8. The van der Waals surface area contributed by atoms with Crippen LogP contribution in [0.3, 0.4) is 0 Å². The van der Waals surface area contributed by atoms with Gasteiger partial charge >= 0.3 is 0 Å². The first-order valence-corrected chi connectivity index (χ1v) is 7.57. The zero-order valence-electron chi connectivity index (χ0n) is 13.7. The fraction of sp³-hybridized carbons (Fsp3) is 0.353. The summed E-state index contributed by atoms with van der Waals surface area (Å²) in [5, 5.41) is 6.60. The van der Waals surface area contributed by atoms with Crippen molar-refractivity contribution in [1.82, 2.24) is 15.2 Å². The molecule has 2 rings (SSSR count). The Morgan fingerprint density at radius 1 is 1.17 bits per heavy atom. The molecule has 5 nitrogen and oxygen atoms in total. The molecule has 2 N–H and O–H groups in total. The zero-order valence-corrected chi connectivity index (χ0v) is 16.0. The van der Waals surface area contributed by atoms with Gasteiger partial charge in [0.1, 0.15) is 5.75 Å². The van der Waals surface area contributed by atoms with Crippen molar-refractivity contribution in [1.29, 1.82) is 0 Å². The molecule has 0 bridgehead atoms.